The summed E-state index contributed by atoms with van der Waals surface area (Å²) in [5, 5.41) is 10.4. The summed E-state index contributed by atoms with van der Waals surface area (Å²) in [4.78, 5) is 17.4. The fraction of sp³-hybridized carbons (Fsp3) is 0.375. The number of benzene rings is 2. The molecule has 2 aromatic carbocycles. The molecule has 0 spiro atoms. The minimum atomic E-state index is -2.38. The average molecular weight is 461 g/mol. The van der Waals surface area contributed by atoms with E-state index in [2.05, 4.69) is 4.98 Å². The number of hydrogen-bond donors (Lipinski definition) is 2. The van der Waals surface area contributed by atoms with Crippen molar-refractivity contribution in [3.8, 4) is 5.75 Å². The van der Waals surface area contributed by atoms with Crippen molar-refractivity contribution in [1.82, 2.24) is 9.88 Å². The van der Waals surface area contributed by atoms with Gasteiger partial charge in [0.15, 0.2) is 0 Å². The number of fused-ring (bicyclic) bond motifs is 1. The van der Waals surface area contributed by atoms with Crippen molar-refractivity contribution in [1.29, 1.82) is 0 Å². The monoisotopic (exact) mass is 460 g/mol. The predicted octanol–water partition coefficient (Wildman–Crippen LogP) is 5.40. The molecular formula is C24H26F2N2O3S. The Morgan fingerprint density at radius 1 is 1.31 bits per heavy atom. The van der Waals surface area contributed by atoms with Crippen LogP contribution in [-0.4, -0.2) is 59.4 Å². The average Bonchev–Trinajstić information content (AvgIpc) is 3.27. The zero-order valence-corrected chi connectivity index (χ0v) is 18.8. The minimum Gasteiger partial charge on any atom is -0.496 e. The predicted molar refractivity (Wildman–Crippen MR) is 122 cm³/mol. The Hall–Kier alpha value is -2.58. The number of rotatable bonds is 7. The maximum Gasteiger partial charge on any atom is 0.335 e. The summed E-state index contributed by atoms with van der Waals surface area (Å²) in [5.41, 5.74) is 3.33. The van der Waals surface area contributed by atoms with Gasteiger partial charge in [0.1, 0.15) is 5.75 Å². The number of H-pyrrole nitrogens is 1. The van der Waals surface area contributed by atoms with Crippen LogP contribution in [0.1, 0.15) is 33.8 Å². The van der Waals surface area contributed by atoms with E-state index >= 15 is 0 Å². The molecule has 4 rings (SSSR count). The van der Waals surface area contributed by atoms with Gasteiger partial charge in [-0.25, -0.2) is 13.6 Å². The van der Waals surface area contributed by atoms with Gasteiger partial charge in [-0.1, -0.05) is 12.1 Å². The van der Waals surface area contributed by atoms with Crippen LogP contribution in [0.5, 0.6) is 5.75 Å². The normalized spacial score (nSPS) is 19.5. The highest BCUT2D eigenvalue weighted by Crippen LogP contribution is 2.45. The van der Waals surface area contributed by atoms with Crippen LogP contribution in [0, 0.1) is 6.92 Å². The van der Waals surface area contributed by atoms with Crippen molar-refractivity contribution in [3.05, 3.63) is 59.3 Å². The number of thioether (sulfide) groups is 1. The van der Waals surface area contributed by atoms with Gasteiger partial charge in [0.05, 0.1) is 24.1 Å². The van der Waals surface area contributed by atoms with Crippen LogP contribution in [-0.2, 0) is 0 Å². The molecule has 5 nitrogen and oxygen atoms in total. The Balaban J connectivity index is 1.68. The van der Waals surface area contributed by atoms with Gasteiger partial charge >= 0.3 is 5.97 Å². The molecule has 170 valence electrons. The van der Waals surface area contributed by atoms with E-state index in [4.69, 9.17) is 4.74 Å². The van der Waals surface area contributed by atoms with Gasteiger partial charge < -0.3 is 14.8 Å². The zero-order chi connectivity index (χ0) is 22.8. The number of carbonyl (C=O) groups is 1. The van der Waals surface area contributed by atoms with Crippen LogP contribution in [0.15, 0.2) is 47.5 Å². The molecule has 0 unspecified atom stereocenters. The molecule has 8 heteroatoms. The number of aromatic nitrogens is 1. The second kappa shape index (κ2) is 9.50. The highest BCUT2D eigenvalue weighted by Gasteiger charge is 2.33. The number of nitrogens with one attached hydrogen (secondary N) is 1. The lowest BCUT2D eigenvalue weighted by Crippen LogP contribution is -2.42. The van der Waals surface area contributed by atoms with Crippen molar-refractivity contribution in [2.45, 2.75) is 35.8 Å². The van der Waals surface area contributed by atoms with Crippen molar-refractivity contribution in [3.63, 3.8) is 0 Å². The summed E-state index contributed by atoms with van der Waals surface area (Å²) >= 11 is 1.72. The van der Waals surface area contributed by atoms with Crippen molar-refractivity contribution in [2.24, 2.45) is 0 Å². The molecule has 1 saturated heterocycles. The van der Waals surface area contributed by atoms with Crippen LogP contribution < -0.4 is 4.74 Å². The smallest absolute Gasteiger partial charge is 0.335 e. The van der Waals surface area contributed by atoms with Gasteiger partial charge in [-0.2, -0.15) is 0 Å². The molecule has 3 aromatic rings. The number of nitrogens with zero attached hydrogens (tertiary/aromatic N) is 1. The van der Waals surface area contributed by atoms with E-state index in [0.717, 1.165) is 39.1 Å². The first-order valence-corrected chi connectivity index (χ1v) is 11.4. The van der Waals surface area contributed by atoms with E-state index in [1.54, 1.807) is 35.9 Å². The summed E-state index contributed by atoms with van der Waals surface area (Å²) in [7, 11) is 1.66. The molecule has 2 heterocycles. The number of alkyl halides is 2. The largest absolute Gasteiger partial charge is 0.496 e. The Kier molecular flexibility index (Phi) is 6.71. The highest BCUT2D eigenvalue weighted by molar-refractivity contribution is 8.00. The fourth-order valence-electron chi connectivity index (χ4n) is 4.47. The lowest BCUT2D eigenvalue weighted by molar-refractivity contribution is 0.0695. The molecule has 32 heavy (non-hydrogen) atoms. The SMILES string of the molecule is COc1cc(C)c2[nH]ccc2c1S[C@H]1CCN(CC(F)F)C[C@@H]1c1ccc(C(=O)O)cc1. The first kappa shape index (κ1) is 22.6. The third-order valence-corrected chi connectivity index (χ3v) is 7.59. The number of piperidine rings is 1. The number of likely N-dealkylation sites (tertiary alicyclic amines) is 1. The maximum absolute atomic E-state index is 13.1. The standard InChI is InChI=1S/C24H26F2N2O3S/c1-14-11-19(31-2)23(17-7-9-27-22(14)17)32-20-8-10-28(13-21(25)26)12-18(20)15-3-5-16(6-4-15)24(29)30/h3-7,9,11,18,20-21,27H,8,10,12-13H2,1-2H3,(H,29,30)/t18-,20+/m1/s1. The van der Waals surface area contributed by atoms with E-state index in [-0.39, 0.29) is 23.3 Å². The number of halogens is 2. The number of carboxylic acids is 1. The molecule has 0 bridgehead atoms. The molecule has 1 aliphatic heterocycles. The van der Waals surface area contributed by atoms with Gasteiger partial charge in [0.25, 0.3) is 6.43 Å². The van der Waals surface area contributed by atoms with E-state index in [1.165, 1.54) is 0 Å². The maximum atomic E-state index is 13.1. The lowest BCUT2D eigenvalue weighted by Gasteiger charge is -2.38. The summed E-state index contributed by atoms with van der Waals surface area (Å²) in [6.07, 6.45) is 0.270. The quantitative estimate of drug-likeness (QED) is 0.494. The number of carboxylic acid groups (broad SMARTS) is 1. The molecule has 1 aromatic heterocycles. The highest BCUT2D eigenvalue weighted by atomic mass is 32.2. The third kappa shape index (κ3) is 4.61. The zero-order valence-electron chi connectivity index (χ0n) is 18.0. The van der Waals surface area contributed by atoms with Gasteiger partial charge in [-0.3, -0.25) is 4.90 Å². The number of hydrogen-bond acceptors (Lipinski definition) is 4. The molecule has 2 N–H and O–H groups in total. The Labute approximate surface area is 189 Å². The molecule has 0 saturated carbocycles. The molecule has 2 atom stereocenters. The van der Waals surface area contributed by atoms with Crippen LogP contribution in [0.4, 0.5) is 8.78 Å². The second-order valence-electron chi connectivity index (χ2n) is 8.12. The van der Waals surface area contributed by atoms with Crippen LogP contribution in [0.25, 0.3) is 10.9 Å². The van der Waals surface area contributed by atoms with Gasteiger partial charge in [-0.15, -0.1) is 11.8 Å². The molecule has 0 aliphatic carbocycles. The number of aryl methyl sites for hydroxylation is 1. The van der Waals surface area contributed by atoms with Crippen LogP contribution >= 0.6 is 11.8 Å². The number of aromatic carboxylic acids is 1. The van der Waals surface area contributed by atoms with Crippen molar-refractivity contribution < 1.29 is 23.4 Å². The lowest BCUT2D eigenvalue weighted by atomic mass is 9.89. The second-order valence-corrected chi connectivity index (χ2v) is 9.37. The number of ether oxygens (including phenoxy) is 1. The van der Waals surface area contributed by atoms with Crippen molar-refractivity contribution in [2.75, 3.05) is 26.7 Å². The van der Waals surface area contributed by atoms with E-state index < -0.39 is 12.4 Å². The number of methoxy groups -OCH3 is 1. The van der Waals surface area contributed by atoms with Gasteiger partial charge in [-0.05, 0) is 55.3 Å². The molecule has 1 fully saturated rings. The topological polar surface area (TPSA) is 65.6 Å². The Morgan fingerprint density at radius 2 is 2.06 bits per heavy atom. The molecule has 0 radical (unpaired) electrons. The Bertz CT molecular complexity index is 1100. The van der Waals surface area contributed by atoms with Crippen molar-refractivity contribution >= 4 is 28.6 Å². The Morgan fingerprint density at radius 3 is 2.72 bits per heavy atom. The first-order valence-electron chi connectivity index (χ1n) is 10.5. The van der Waals surface area contributed by atoms with Crippen LogP contribution in [0.2, 0.25) is 0 Å². The molecule has 0 amide bonds. The van der Waals surface area contributed by atoms with E-state index in [1.807, 2.05) is 37.4 Å². The van der Waals surface area contributed by atoms with E-state index in [9.17, 15) is 18.7 Å². The summed E-state index contributed by atoms with van der Waals surface area (Å²) in [6.45, 7) is 2.87. The first-order chi connectivity index (χ1) is 15.4. The van der Waals surface area contributed by atoms with Gasteiger partial charge in [0, 0.05) is 34.8 Å². The molecule has 1 aliphatic rings. The van der Waals surface area contributed by atoms with E-state index in [0.29, 0.717) is 13.1 Å². The van der Waals surface area contributed by atoms with Crippen LogP contribution in [0.3, 0.4) is 0 Å². The summed E-state index contributed by atoms with van der Waals surface area (Å²) in [5.74, 6) is -0.199. The summed E-state index contributed by atoms with van der Waals surface area (Å²) in [6, 6.07) is 10.8. The summed E-state index contributed by atoms with van der Waals surface area (Å²) < 4.78 is 31.8. The van der Waals surface area contributed by atoms with Gasteiger partial charge in [0.2, 0.25) is 0 Å². The minimum absolute atomic E-state index is 0.0182. The third-order valence-electron chi connectivity index (χ3n) is 6.06. The number of aromatic amines is 1. The fourth-order valence-corrected chi connectivity index (χ4v) is 5.96. The molecular weight excluding hydrogens is 434 g/mol.